The third-order valence-electron chi connectivity index (χ3n) is 2.94. The summed E-state index contributed by atoms with van der Waals surface area (Å²) in [4.78, 5) is 0. The Morgan fingerprint density at radius 1 is 1.07 bits per heavy atom. The summed E-state index contributed by atoms with van der Waals surface area (Å²) in [6.07, 6.45) is 2.50. The molecular weight excluding hydrogens is 168 g/mol. The molecule has 0 aliphatic heterocycles. The standard InChI is InChI=1S/C14H22/c1-5-12(4)10-13-8-6-7-9-14(13)11(2)3/h6-9,11-12H,5,10H2,1-4H3. The van der Waals surface area contributed by atoms with Gasteiger partial charge in [-0.1, -0.05) is 58.4 Å². The normalized spacial score (nSPS) is 13.2. The molecule has 0 saturated carbocycles. The zero-order chi connectivity index (χ0) is 10.6. The summed E-state index contributed by atoms with van der Waals surface area (Å²) in [5.74, 6) is 1.45. The average Bonchev–Trinajstić information content (AvgIpc) is 2.18. The van der Waals surface area contributed by atoms with Gasteiger partial charge in [0.25, 0.3) is 0 Å². The summed E-state index contributed by atoms with van der Waals surface area (Å²) in [6.45, 7) is 9.14. The fraction of sp³-hybridized carbons (Fsp3) is 0.571. The first kappa shape index (κ1) is 11.3. The van der Waals surface area contributed by atoms with E-state index in [1.54, 1.807) is 0 Å². The summed E-state index contributed by atoms with van der Waals surface area (Å²) >= 11 is 0. The quantitative estimate of drug-likeness (QED) is 0.660. The summed E-state index contributed by atoms with van der Waals surface area (Å²) in [6, 6.07) is 8.85. The van der Waals surface area contributed by atoms with Crippen molar-refractivity contribution >= 4 is 0 Å². The van der Waals surface area contributed by atoms with Crippen molar-refractivity contribution in [1.82, 2.24) is 0 Å². The van der Waals surface area contributed by atoms with E-state index >= 15 is 0 Å². The minimum absolute atomic E-state index is 0.648. The van der Waals surface area contributed by atoms with Gasteiger partial charge in [-0.25, -0.2) is 0 Å². The molecule has 0 radical (unpaired) electrons. The summed E-state index contributed by atoms with van der Waals surface area (Å²) < 4.78 is 0. The van der Waals surface area contributed by atoms with Crippen LogP contribution in [-0.2, 0) is 6.42 Å². The monoisotopic (exact) mass is 190 g/mol. The van der Waals surface area contributed by atoms with Gasteiger partial charge >= 0.3 is 0 Å². The first-order chi connectivity index (χ1) is 6.65. The minimum atomic E-state index is 0.648. The van der Waals surface area contributed by atoms with Gasteiger partial charge in [0.2, 0.25) is 0 Å². The lowest BCUT2D eigenvalue weighted by molar-refractivity contribution is 0.556. The number of rotatable bonds is 4. The van der Waals surface area contributed by atoms with Gasteiger partial charge in [0.1, 0.15) is 0 Å². The number of benzene rings is 1. The van der Waals surface area contributed by atoms with Gasteiger partial charge in [0, 0.05) is 0 Å². The van der Waals surface area contributed by atoms with E-state index < -0.39 is 0 Å². The van der Waals surface area contributed by atoms with Crippen molar-refractivity contribution in [3.63, 3.8) is 0 Å². The Bertz CT molecular complexity index is 273. The fourth-order valence-corrected chi connectivity index (χ4v) is 1.80. The molecular formula is C14H22. The molecule has 0 heterocycles. The molecule has 0 aromatic heterocycles. The highest BCUT2D eigenvalue weighted by Crippen LogP contribution is 2.22. The number of hydrogen-bond donors (Lipinski definition) is 0. The van der Waals surface area contributed by atoms with Crippen LogP contribution in [0.4, 0.5) is 0 Å². The Morgan fingerprint density at radius 2 is 1.71 bits per heavy atom. The molecule has 0 nitrogen and oxygen atoms in total. The van der Waals surface area contributed by atoms with Gasteiger partial charge in [-0.05, 0) is 29.4 Å². The molecule has 0 bridgehead atoms. The van der Waals surface area contributed by atoms with Gasteiger partial charge in [0.05, 0.1) is 0 Å². The van der Waals surface area contributed by atoms with E-state index in [2.05, 4.69) is 52.0 Å². The highest BCUT2D eigenvalue weighted by atomic mass is 14.1. The van der Waals surface area contributed by atoms with Gasteiger partial charge in [0.15, 0.2) is 0 Å². The van der Waals surface area contributed by atoms with Crippen LogP contribution in [0.3, 0.4) is 0 Å². The van der Waals surface area contributed by atoms with Crippen LogP contribution in [0.5, 0.6) is 0 Å². The average molecular weight is 190 g/mol. The lowest BCUT2D eigenvalue weighted by atomic mass is 9.90. The summed E-state index contributed by atoms with van der Waals surface area (Å²) in [5.41, 5.74) is 3.06. The first-order valence-corrected chi connectivity index (χ1v) is 5.73. The fourth-order valence-electron chi connectivity index (χ4n) is 1.80. The van der Waals surface area contributed by atoms with Crippen LogP contribution in [-0.4, -0.2) is 0 Å². The maximum absolute atomic E-state index is 2.33. The Balaban J connectivity index is 2.84. The molecule has 14 heavy (non-hydrogen) atoms. The predicted octanol–water partition coefficient (Wildman–Crippen LogP) is 4.40. The Labute approximate surface area is 88.4 Å². The minimum Gasteiger partial charge on any atom is -0.0651 e. The Hall–Kier alpha value is -0.780. The van der Waals surface area contributed by atoms with Crippen molar-refractivity contribution in [1.29, 1.82) is 0 Å². The molecule has 0 amide bonds. The van der Waals surface area contributed by atoms with E-state index in [1.807, 2.05) is 0 Å². The predicted molar refractivity (Wildman–Crippen MR) is 63.7 cm³/mol. The third kappa shape index (κ3) is 2.87. The zero-order valence-electron chi connectivity index (χ0n) is 9.88. The van der Waals surface area contributed by atoms with Gasteiger partial charge < -0.3 is 0 Å². The smallest absolute Gasteiger partial charge is 0.0216 e. The van der Waals surface area contributed by atoms with Crippen molar-refractivity contribution in [3.05, 3.63) is 35.4 Å². The van der Waals surface area contributed by atoms with E-state index in [0.717, 1.165) is 5.92 Å². The van der Waals surface area contributed by atoms with Gasteiger partial charge in [-0.2, -0.15) is 0 Å². The van der Waals surface area contributed by atoms with E-state index in [-0.39, 0.29) is 0 Å². The van der Waals surface area contributed by atoms with Crippen LogP contribution >= 0.6 is 0 Å². The topological polar surface area (TPSA) is 0 Å². The van der Waals surface area contributed by atoms with Crippen LogP contribution in [0.2, 0.25) is 0 Å². The second-order valence-corrected chi connectivity index (χ2v) is 4.57. The maximum atomic E-state index is 2.33. The van der Waals surface area contributed by atoms with Crippen LogP contribution < -0.4 is 0 Å². The lowest BCUT2D eigenvalue weighted by Crippen LogP contribution is -2.02. The molecule has 78 valence electrons. The van der Waals surface area contributed by atoms with Crippen molar-refractivity contribution < 1.29 is 0 Å². The van der Waals surface area contributed by atoms with Crippen LogP contribution in [0.25, 0.3) is 0 Å². The van der Waals surface area contributed by atoms with Crippen LogP contribution in [0, 0.1) is 5.92 Å². The molecule has 0 saturated heterocycles. The molecule has 0 N–H and O–H groups in total. The molecule has 1 rings (SSSR count). The summed E-state index contributed by atoms with van der Waals surface area (Å²) in [7, 11) is 0. The molecule has 1 aromatic rings. The van der Waals surface area contributed by atoms with E-state index in [4.69, 9.17) is 0 Å². The molecule has 0 aliphatic rings. The SMILES string of the molecule is CCC(C)Cc1ccccc1C(C)C. The van der Waals surface area contributed by atoms with Gasteiger partial charge in [-0.3, -0.25) is 0 Å². The van der Waals surface area contributed by atoms with E-state index in [9.17, 15) is 0 Å². The third-order valence-corrected chi connectivity index (χ3v) is 2.94. The molecule has 0 heteroatoms. The van der Waals surface area contributed by atoms with Crippen LogP contribution in [0.15, 0.2) is 24.3 Å². The molecule has 0 aliphatic carbocycles. The highest BCUT2D eigenvalue weighted by molar-refractivity contribution is 5.29. The maximum Gasteiger partial charge on any atom is -0.0216 e. The Kier molecular flexibility index (Phi) is 4.19. The van der Waals surface area contributed by atoms with Crippen molar-refractivity contribution in [2.75, 3.05) is 0 Å². The summed E-state index contributed by atoms with van der Waals surface area (Å²) in [5, 5.41) is 0. The van der Waals surface area contributed by atoms with Crippen molar-refractivity contribution in [2.45, 2.75) is 46.5 Å². The molecule has 1 atom stereocenters. The van der Waals surface area contributed by atoms with E-state index in [0.29, 0.717) is 5.92 Å². The largest absolute Gasteiger partial charge is 0.0651 e. The van der Waals surface area contributed by atoms with Crippen LogP contribution in [0.1, 0.15) is 51.2 Å². The second-order valence-electron chi connectivity index (χ2n) is 4.57. The van der Waals surface area contributed by atoms with Crippen molar-refractivity contribution in [3.8, 4) is 0 Å². The molecule has 0 fully saturated rings. The molecule has 1 aromatic carbocycles. The zero-order valence-corrected chi connectivity index (χ0v) is 9.88. The van der Waals surface area contributed by atoms with Gasteiger partial charge in [-0.15, -0.1) is 0 Å². The first-order valence-electron chi connectivity index (χ1n) is 5.73. The lowest BCUT2D eigenvalue weighted by Gasteiger charge is -2.15. The number of hydrogen-bond acceptors (Lipinski definition) is 0. The molecule has 1 unspecified atom stereocenters. The Morgan fingerprint density at radius 3 is 2.29 bits per heavy atom. The molecule has 0 spiro atoms. The second kappa shape index (κ2) is 5.19. The van der Waals surface area contributed by atoms with Crippen molar-refractivity contribution in [2.24, 2.45) is 5.92 Å². The highest BCUT2D eigenvalue weighted by Gasteiger charge is 2.08. The van der Waals surface area contributed by atoms with E-state index in [1.165, 1.54) is 24.0 Å².